The summed E-state index contributed by atoms with van der Waals surface area (Å²) in [5.41, 5.74) is 1.45. The number of hydrogen-bond donors (Lipinski definition) is 1. The number of fused-ring (bicyclic) bond motifs is 1. The van der Waals surface area contributed by atoms with Crippen molar-refractivity contribution in [3.8, 4) is 5.75 Å². The van der Waals surface area contributed by atoms with E-state index in [1.165, 1.54) is 69.8 Å². The van der Waals surface area contributed by atoms with Gasteiger partial charge in [-0.15, -0.1) is 0 Å². The largest absolute Gasteiger partial charge is 0.508 e. The second kappa shape index (κ2) is 7.53. The highest BCUT2D eigenvalue weighted by atomic mass is 16.3. The number of benzene rings is 1. The molecule has 0 bridgehead atoms. The van der Waals surface area contributed by atoms with E-state index in [4.69, 9.17) is 0 Å². The first-order valence-corrected chi connectivity index (χ1v) is 9.55. The smallest absolute Gasteiger partial charge is 0.115 e. The first-order valence-electron chi connectivity index (χ1n) is 9.55. The molecular weight excluding hydrogens is 268 g/mol. The predicted octanol–water partition coefficient (Wildman–Crippen LogP) is 6.27. The zero-order valence-corrected chi connectivity index (χ0v) is 14.1. The van der Waals surface area contributed by atoms with Gasteiger partial charge in [0.15, 0.2) is 0 Å². The molecule has 1 aromatic carbocycles. The number of phenolic OH excluding ortho intramolecular Hbond substituents is 1. The summed E-state index contributed by atoms with van der Waals surface area (Å²) in [6.45, 7) is 2.31. The molecule has 4 unspecified atom stereocenters. The second-order valence-electron chi connectivity index (χ2n) is 7.80. The molecule has 1 N–H and O–H groups in total. The fraction of sp³-hybridized carbons (Fsp3) is 0.714. The van der Waals surface area contributed by atoms with E-state index < -0.39 is 0 Å². The van der Waals surface area contributed by atoms with E-state index in [1.807, 2.05) is 12.1 Å². The van der Waals surface area contributed by atoms with Crippen molar-refractivity contribution in [3.05, 3.63) is 29.8 Å². The SMILES string of the molecule is CCCCCC1CCC2CC(c3ccc(O)cc3)CCC2C1. The molecule has 0 heterocycles. The van der Waals surface area contributed by atoms with Crippen molar-refractivity contribution in [2.75, 3.05) is 0 Å². The third-order valence-corrected chi connectivity index (χ3v) is 6.30. The Morgan fingerprint density at radius 1 is 0.909 bits per heavy atom. The van der Waals surface area contributed by atoms with E-state index in [9.17, 15) is 5.11 Å². The van der Waals surface area contributed by atoms with Crippen LogP contribution < -0.4 is 0 Å². The fourth-order valence-corrected chi connectivity index (χ4v) is 4.98. The standard InChI is InChI=1S/C21H32O/c1-2-3-4-5-16-6-7-20-15-19(9-8-18(20)14-16)17-10-12-21(22)13-11-17/h10-13,16,18-20,22H,2-9,14-15H2,1H3. The van der Waals surface area contributed by atoms with Crippen LogP contribution in [0, 0.1) is 17.8 Å². The monoisotopic (exact) mass is 300 g/mol. The van der Waals surface area contributed by atoms with Gasteiger partial charge in [0, 0.05) is 0 Å². The van der Waals surface area contributed by atoms with Crippen molar-refractivity contribution >= 4 is 0 Å². The van der Waals surface area contributed by atoms with Gasteiger partial charge < -0.3 is 5.11 Å². The molecule has 2 fully saturated rings. The quantitative estimate of drug-likeness (QED) is 0.635. The normalized spacial score (nSPS) is 31.7. The first-order chi connectivity index (χ1) is 10.8. The van der Waals surface area contributed by atoms with Crippen LogP contribution in [-0.4, -0.2) is 5.11 Å². The topological polar surface area (TPSA) is 20.2 Å². The van der Waals surface area contributed by atoms with Crippen molar-refractivity contribution in [3.63, 3.8) is 0 Å². The zero-order valence-electron chi connectivity index (χ0n) is 14.1. The molecule has 122 valence electrons. The maximum Gasteiger partial charge on any atom is 0.115 e. The van der Waals surface area contributed by atoms with Crippen molar-refractivity contribution in [2.45, 2.75) is 77.0 Å². The first kappa shape index (κ1) is 15.9. The van der Waals surface area contributed by atoms with Crippen LogP contribution in [0.1, 0.15) is 82.6 Å². The lowest BCUT2D eigenvalue weighted by Gasteiger charge is -2.42. The van der Waals surface area contributed by atoms with Gasteiger partial charge in [-0.05, 0) is 73.5 Å². The van der Waals surface area contributed by atoms with E-state index in [0.29, 0.717) is 5.75 Å². The van der Waals surface area contributed by atoms with Gasteiger partial charge in [0.1, 0.15) is 5.75 Å². The number of phenols is 1. The molecule has 4 atom stereocenters. The molecule has 1 heteroatoms. The molecule has 2 saturated carbocycles. The molecule has 2 aliphatic rings. The van der Waals surface area contributed by atoms with Crippen LogP contribution >= 0.6 is 0 Å². The molecule has 1 nitrogen and oxygen atoms in total. The molecule has 0 radical (unpaired) electrons. The summed E-state index contributed by atoms with van der Waals surface area (Å²) in [4.78, 5) is 0. The average Bonchev–Trinajstić information content (AvgIpc) is 2.55. The molecule has 1 aromatic rings. The van der Waals surface area contributed by atoms with Crippen LogP contribution in [0.15, 0.2) is 24.3 Å². The third-order valence-electron chi connectivity index (χ3n) is 6.30. The zero-order chi connectivity index (χ0) is 15.4. The van der Waals surface area contributed by atoms with Gasteiger partial charge in [0.05, 0.1) is 0 Å². The van der Waals surface area contributed by atoms with Crippen molar-refractivity contribution in [2.24, 2.45) is 17.8 Å². The molecule has 0 aliphatic heterocycles. The summed E-state index contributed by atoms with van der Waals surface area (Å²) >= 11 is 0. The minimum Gasteiger partial charge on any atom is -0.508 e. The Balaban J connectivity index is 1.52. The Hall–Kier alpha value is -0.980. The third kappa shape index (κ3) is 3.86. The fourth-order valence-electron chi connectivity index (χ4n) is 4.98. The highest BCUT2D eigenvalue weighted by molar-refractivity contribution is 5.28. The summed E-state index contributed by atoms with van der Waals surface area (Å²) in [5, 5.41) is 9.46. The van der Waals surface area contributed by atoms with E-state index >= 15 is 0 Å². The Morgan fingerprint density at radius 2 is 1.64 bits per heavy atom. The number of hydrogen-bond acceptors (Lipinski definition) is 1. The van der Waals surface area contributed by atoms with Crippen molar-refractivity contribution in [1.82, 2.24) is 0 Å². The molecular formula is C21H32O. The van der Waals surface area contributed by atoms with Gasteiger partial charge in [-0.2, -0.15) is 0 Å². The van der Waals surface area contributed by atoms with E-state index in [-0.39, 0.29) is 0 Å². The van der Waals surface area contributed by atoms with Crippen LogP contribution in [0.4, 0.5) is 0 Å². The molecule has 22 heavy (non-hydrogen) atoms. The highest BCUT2D eigenvalue weighted by Gasteiger charge is 2.35. The lowest BCUT2D eigenvalue weighted by Crippen LogP contribution is -2.30. The molecule has 2 aliphatic carbocycles. The summed E-state index contributed by atoms with van der Waals surface area (Å²) in [6, 6.07) is 7.98. The molecule has 0 spiro atoms. The second-order valence-corrected chi connectivity index (χ2v) is 7.80. The molecule has 3 rings (SSSR count). The van der Waals surface area contributed by atoms with Gasteiger partial charge in [-0.3, -0.25) is 0 Å². The van der Waals surface area contributed by atoms with E-state index in [2.05, 4.69) is 19.1 Å². The van der Waals surface area contributed by atoms with Crippen LogP contribution in [0.5, 0.6) is 5.75 Å². The van der Waals surface area contributed by atoms with Crippen molar-refractivity contribution < 1.29 is 5.11 Å². The van der Waals surface area contributed by atoms with Crippen LogP contribution in [0.3, 0.4) is 0 Å². The number of unbranched alkanes of at least 4 members (excludes halogenated alkanes) is 2. The summed E-state index contributed by atoms with van der Waals surface area (Å²) < 4.78 is 0. The van der Waals surface area contributed by atoms with Gasteiger partial charge in [0.25, 0.3) is 0 Å². The Kier molecular flexibility index (Phi) is 5.44. The maximum absolute atomic E-state index is 9.46. The van der Waals surface area contributed by atoms with E-state index in [0.717, 1.165) is 23.7 Å². The minimum atomic E-state index is 0.394. The minimum absolute atomic E-state index is 0.394. The van der Waals surface area contributed by atoms with Gasteiger partial charge in [-0.25, -0.2) is 0 Å². The van der Waals surface area contributed by atoms with Crippen molar-refractivity contribution in [1.29, 1.82) is 0 Å². The Bertz CT molecular complexity index is 449. The average molecular weight is 300 g/mol. The number of rotatable bonds is 5. The highest BCUT2D eigenvalue weighted by Crippen LogP contribution is 2.48. The predicted molar refractivity (Wildman–Crippen MR) is 93.2 cm³/mol. The summed E-state index contributed by atoms with van der Waals surface area (Å²) in [6.07, 6.45) is 14.3. The molecule has 0 saturated heterocycles. The van der Waals surface area contributed by atoms with E-state index in [1.54, 1.807) is 0 Å². The Morgan fingerprint density at radius 3 is 2.41 bits per heavy atom. The van der Waals surface area contributed by atoms with Crippen LogP contribution in [-0.2, 0) is 0 Å². The van der Waals surface area contributed by atoms with Gasteiger partial charge in [0.2, 0.25) is 0 Å². The summed E-state index contributed by atoms with van der Waals surface area (Å²) in [7, 11) is 0. The van der Waals surface area contributed by atoms with Gasteiger partial charge >= 0.3 is 0 Å². The Labute approximate surface area is 136 Å². The molecule has 0 amide bonds. The lowest BCUT2D eigenvalue weighted by molar-refractivity contribution is 0.113. The summed E-state index contributed by atoms with van der Waals surface area (Å²) in [5.74, 6) is 4.13. The van der Waals surface area contributed by atoms with Crippen LogP contribution in [0.2, 0.25) is 0 Å². The lowest BCUT2D eigenvalue weighted by atomic mass is 9.63. The van der Waals surface area contributed by atoms with Gasteiger partial charge in [-0.1, -0.05) is 51.2 Å². The molecule has 0 aromatic heterocycles. The number of aromatic hydroxyl groups is 1. The maximum atomic E-state index is 9.46. The van der Waals surface area contributed by atoms with Crippen LogP contribution in [0.25, 0.3) is 0 Å².